The molecule has 0 atom stereocenters. The molecule has 9 heteroatoms. The number of rotatable bonds is 4. The van der Waals surface area contributed by atoms with E-state index < -0.39 is 10.9 Å². The van der Waals surface area contributed by atoms with Crippen molar-refractivity contribution in [1.29, 1.82) is 0 Å². The number of nitro groups is 1. The number of hydrogen-bond acceptors (Lipinski definition) is 6. The van der Waals surface area contributed by atoms with Gasteiger partial charge in [0.1, 0.15) is 5.56 Å². The van der Waals surface area contributed by atoms with Gasteiger partial charge in [0, 0.05) is 48.9 Å². The number of nitrogens with one attached hydrogen (secondary N) is 1. The van der Waals surface area contributed by atoms with Gasteiger partial charge in [-0.05, 0) is 32.3 Å². The molecular weight excluding hydrogens is 350 g/mol. The van der Waals surface area contributed by atoms with Crippen LogP contribution in [0, 0.1) is 17.0 Å². The molecule has 1 aliphatic heterocycles. The summed E-state index contributed by atoms with van der Waals surface area (Å²) >= 11 is 0. The van der Waals surface area contributed by atoms with Crippen molar-refractivity contribution >= 4 is 22.6 Å². The first-order valence-electron chi connectivity index (χ1n) is 9.23. The maximum Gasteiger partial charge on any atom is 0.342 e. The standard InChI is InChI=1S/C18H21N5O4/c1-11-12-7-15(23(26)27)13(16(24)25)6-14(12)20-22(11)18-8-17(9-18,10-18)21-4-2-19-3-5-21/h6-7,19H,2-5,8-10H2,1H3,(H,24,25). The van der Waals surface area contributed by atoms with Crippen LogP contribution in [0.5, 0.6) is 0 Å². The number of fused-ring (bicyclic) bond motifs is 1. The number of aromatic carboxylic acids is 1. The molecule has 4 aliphatic rings. The molecule has 0 radical (unpaired) electrons. The van der Waals surface area contributed by atoms with E-state index in [1.165, 1.54) is 12.1 Å². The van der Waals surface area contributed by atoms with E-state index >= 15 is 0 Å². The van der Waals surface area contributed by atoms with Crippen LogP contribution in [0.4, 0.5) is 5.69 Å². The first-order chi connectivity index (χ1) is 12.9. The van der Waals surface area contributed by atoms with Gasteiger partial charge >= 0.3 is 5.97 Å². The van der Waals surface area contributed by atoms with E-state index in [4.69, 9.17) is 0 Å². The molecule has 0 unspecified atom stereocenters. The third kappa shape index (κ3) is 2.12. The highest BCUT2D eigenvalue weighted by atomic mass is 16.6. The fraction of sp³-hybridized carbons (Fsp3) is 0.556. The minimum atomic E-state index is -1.31. The zero-order valence-electron chi connectivity index (χ0n) is 15.1. The number of carboxylic acids is 1. The molecule has 27 heavy (non-hydrogen) atoms. The Balaban J connectivity index is 1.50. The first kappa shape index (κ1) is 16.6. The molecule has 1 aromatic carbocycles. The second-order valence-corrected chi connectivity index (χ2v) is 8.16. The number of nitrogens with zero attached hydrogens (tertiary/aromatic N) is 4. The Hall–Kier alpha value is -2.52. The van der Waals surface area contributed by atoms with Crippen molar-refractivity contribution in [2.24, 2.45) is 0 Å². The topological polar surface area (TPSA) is 114 Å². The van der Waals surface area contributed by atoms with E-state index in [1.54, 1.807) is 0 Å². The highest BCUT2D eigenvalue weighted by Gasteiger charge is 2.72. The summed E-state index contributed by atoms with van der Waals surface area (Å²) in [6, 6.07) is 2.69. The quantitative estimate of drug-likeness (QED) is 0.618. The van der Waals surface area contributed by atoms with Gasteiger partial charge in [0.15, 0.2) is 0 Å². The Morgan fingerprint density at radius 1 is 1.26 bits per heavy atom. The van der Waals surface area contributed by atoms with Gasteiger partial charge in [-0.25, -0.2) is 4.79 Å². The van der Waals surface area contributed by atoms with E-state index in [0.717, 1.165) is 51.1 Å². The van der Waals surface area contributed by atoms with Crippen LogP contribution < -0.4 is 5.32 Å². The van der Waals surface area contributed by atoms with Gasteiger partial charge in [0.2, 0.25) is 0 Å². The van der Waals surface area contributed by atoms with Crippen molar-refractivity contribution in [2.45, 2.75) is 37.3 Å². The highest BCUT2D eigenvalue weighted by molar-refractivity contribution is 5.98. The van der Waals surface area contributed by atoms with Crippen LogP contribution >= 0.6 is 0 Å². The van der Waals surface area contributed by atoms with Crippen molar-refractivity contribution in [3.63, 3.8) is 0 Å². The van der Waals surface area contributed by atoms with E-state index in [1.807, 2.05) is 11.6 Å². The Kier molecular flexibility index (Phi) is 3.24. The first-order valence-corrected chi connectivity index (χ1v) is 9.23. The fourth-order valence-corrected chi connectivity index (χ4v) is 5.41. The maximum atomic E-state index is 11.4. The predicted molar refractivity (Wildman–Crippen MR) is 97.1 cm³/mol. The lowest BCUT2D eigenvalue weighted by Gasteiger charge is -2.74. The third-order valence-electron chi connectivity index (χ3n) is 6.67. The average molecular weight is 371 g/mol. The minimum absolute atomic E-state index is 0.0217. The lowest BCUT2D eigenvalue weighted by Crippen LogP contribution is -2.80. The summed E-state index contributed by atoms with van der Waals surface area (Å²) in [5.41, 5.74) is 0.950. The Labute approximate surface area is 155 Å². The molecule has 9 nitrogen and oxygen atoms in total. The summed E-state index contributed by atoms with van der Waals surface area (Å²) in [4.78, 5) is 24.6. The summed E-state index contributed by atoms with van der Waals surface area (Å²) in [6.07, 6.45) is 3.13. The summed E-state index contributed by atoms with van der Waals surface area (Å²) in [5, 5.41) is 29.3. The number of piperazine rings is 1. The number of nitro benzene ring substituents is 1. The summed E-state index contributed by atoms with van der Waals surface area (Å²) < 4.78 is 2.00. The number of carboxylic acid groups (broad SMARTS) is 1. The number of hydrogen-bond donors (Lipinski definition) is 2. The molecule has 2 bridgehead atoms. The van der Waals surface area contributed by atoms with E-state index in [9.17, 15) is 20.0 Å². The molecule has 1 aromatic heterocycles. The molecule has 142 valence electrons. The Bertz CT molecular complexity index is 972. The van der Waals surface area contributed by atoms with Crippen LogP contribution in [0.25, 0.3) is 10.9 Å². The van der Waals surface area contributed by atoms with Crippen LogP contribution in [0.3, 0.4) is 0 Å². The van der Waals surface area contributed by atoms with E-state index in [-0.39, 0.29) is 22.3 Å². The molecule has 1 saturated heterocycles. The molecule has 2 heterocycles. The van der Waals surface area contributed by atoms with Crippen LogP contribution in [-0.4, -0.2) is 62.4 Å². The summed E-state index contributed by atoms with van der Waals surface area (Å²) in [7, 11) is 0. The molecule has 3 saturated carbocycles. The maximum absolute atomic E-state index is 11.4. The summed E-state index contributed by atoms with van der Waals surface area (Å²) in [6.45, 7) is 6.12. The molecule has 0 spiro atoms. The number of benzene rings is 1. The molecule has 2 aromatic rings. The normalized spacial score (nSPS) is 30.0. The zero-order chi connectivity index (χ0) is 19.0. The summed E-state index contributed by atoms with van der Waals surface area (Å²) in [5.74, 6) is -1.31. The Morgan fingerprint density at radius 3 is 2.52 bits per heavy atom. The van der Waals surface area contributed by atoms with Gasteiger partial charge in [0.05, 0.1) is 16.0 Å². The van der Waals surface area contributed by atoms with Crippen molar-refractivity contribution in [3.8, 4) is 0 Å². The lowest BCUT2D eigenvalue weighted by molar-refractivity contribution is -0.385. The van der Waals surface area contributed by atoms with Gasteiger partial charge in [-0.15, -0.1) is 0 Å². The van der Waals surface area contributed by atoms with Crippen molar-refractivity contribution in [1.82, 2.24) is 20.0 Å². The van der Waals surface area contributed by atoms with Crippen molar-refractivity contribution < 1.29 is 14.8 Å². The van der Waals surface area contributed by atoms with Gasteiger partial charge < -0.3 is 10.4 Å². The number of aryl methyl sites for hydroxylation is 1. The molecule has 0 amide bonds. The second kappa shape index (κ2) is 5.26. The largest absolute Gasteiger partial charge is 0.477 e. The van der Waals surface area contributed by atoms with Crippen LogP contribution in [0.1, 0.15) is 35.3 Å². The lowest BCUT2D eigenvalue weighted by atomic mass is 9.43. The van der Waals surface area contributed by atoms with Gasteiger partial charge in [-0.2, -0.15) is 5.10 Å². The second-order valence-electron chi connectivity index (χ2n) is 8.16. The van der Waals surface area contributed by atoms with E-state index in [0.29, 0.717) is 10.9 Å². The molecular formula is C18H21N5O4. The number of aromatic nitrogens is 2. The van der Waals surface area contributed by atoms with Crippen LogP contribution in [0.15, 0.2) is 12.1 Å². The van der Waals surface area contributed by atoms with Crippen LogP contribution in [0.2, 0.25) is 0 Å². The third-order valence-corrected chi connectivity index (χ3v) is 6.67. The monoisotopic (exact) mass is 371 g/mol. The molecule has 4 fully saturated rings. The fourth-order valence-electron chi connectivity index (χ4n) is 5.41. The SMILES string of the molecule is Cc1c2cc([N+](=O)[O-])c(C(=O)O)cc2nn1C12CC(N3CCNCC3)(C1)C2. The minimum Gasteiger partial charge on any atom is -0.477 e. The van der Waals surface area contributed by atoms with Crippen LogP contribution in [-0.2, 0) is 5.54 Å². The molecule has 6 rings (SSSR count). The average Bonchev–Trinajstić information content (AvgIpc) is 2.89. The molecule has 3 aliphatic carbocycles. The van der Waals surface area contributed by atoms with Gasteiger partial charge in [0.25, 0.3) is 5.69 Å². The Morgan fingerprint density at radius 2 is 1.93 bits per heavy atom. The van der Waals surface area contributed by atoms with Crippen molar-refractivity contribution in [2.75, 3.05) is 26.2 Å². The predicted octanol–water partition coefficient (Wildman–Crippen LogP) is 1.49. The molecule has 2 N–H and O–H groups in total. The number of carbonyl (C=O) groups is 1. The zero-order valence-corrected chi connectivity index (χ0v) is 15.1. The smallest absolute Gasteiger partial charge is 0.342 e. The highest BCUT2D eigenvalue weighted by Crippen LogP contribution is 2.68. The van der Waals surface area contributed by atoms with Gasteiger partial charge in [-0.1, -0.05) is 0 Å². The van der Waals surface area contributed by atoms with E-state index in [2.05, 4.69) is 15.3 Å². The van der Waals surface area contributed by atoms with Gasteiger partial charge in [-0.3, -0.25) is 19.7 Å². The van der Waals surface area contributed by atoms with Crippen molar-refractivity contribution in [3.05, 3.63) is 33.5 Å².